The molecule has 246 valence electrons. The minimum atomic E-state index is 0.573. The van der Waals surface area contributed by atoms with E-state index in [0.29, 0.717) is 23.0 Å². The molecule has 0 saturated heterocycles. The summed E-state index contributed by atoms with van der Waals surface area (Å²) in [6, 6.07) is 19.6. The van der Waals surface area contributed by atoms with Gasteiger partial charge in [0.25, 0.3) is 0 Å². The Morgan fingerprint density at radius 1 is 0.468 bits per heavy atom. The van der Waals surface area contributed by atoms with E-state index in [4.69, 9.17) is 10.5 Å². The summed E-state index contributed by atoms with van der Waals surface area (Å²) in [4.78, 5) is 0. The van der Waals surface area contributed by atoms with Crippen molar-refractivity contribution in [2.24, 2.45) is 47.3 Å². The van der Waals surface area contributed by atoms with Gasteiger partial charge < -0.3 is 0 Å². The Morgan fingerprint density at radius 3 is 1.13 bits per heavy atom. The number of hydrogen-bond donors (Lipinski definition) is 0. The van der Waals surface area contributed by atoms with Crippen LogP contribution in [0.1, 0.15) is 145 Å². The maximum Gasteiger partial charge on any atom is 0.0991 e. The van der Waals surface area contributed by atoms with Gasteiger partial charge in [-0.25, -0.2) is 0 Å². The van der Waals surface area contributed by atoms with Crippen molar-refractivity contribution in [3.05, 3.63) is 70.8 Å². The Kier molecular flexibility index (Phi) is 13.5. The van der Waals surface area contributed by atoms with Gasteiger partial charge in [-0.15, -0.1) is 0 Å². The third-order valence-corrected chi connectivity index (χ3v) is 12.3. The number of hydrogen-bond acceptors (Lipinski definition) is 2. The predicted octanol–water partition coefficient (Wildman–Crippen LogP) is 11.5. The second-order valence-electron chi connectivity index (χ2n) is 15.3. The highest BCUT2D eigenvalue weighted by molar-refractivity contribution is 5.41. The third-order valence-electron chi connectivity index (χ3n) is 12.3. The molecule has 0 aromatic heterocycles. The van der Waals surface area contributed by atoms with Gasteiger partial charge in [-0.3, -0.25) is 0 Å². The van der Waals surface area contributed by atoms with Crippen LogP contribution in [0.5, 0.6) is 0 Å². The minimum absolute atomic E-state index is 0.573. The van der Waals surface area contributed by atoms with E-state index in [1.54, 1.807) is 0 Å². The molecule has 2 heteroatoms. The lowest BCUT2D eigenvalue weighted by Gasteiger charge is -2.36. The van der Waals surface area contributed by atoms with Crippen LogP contribution in [0, 0.1) is 93.7 Å². The van der Waals surface area contributed by atoms with Gasteiger partial charge in [-0.1, -0.05) is 69.6 Å². The van der Waals surface area contributed by atoms with E-state index in [1.807, 2.05) is 48.5 Å². The fourth-order valence-electron chi connectivity index (χ4n) is 8.92. The highest BCUT2D eigenvalue weighted by Gasteiger charge is 2.31. The van der Waals surface area contributed by atoms with Crippen molar-refractivity contribution in [2.45, 2.75) is 123 Å². The van der Waals surface area contributed by atoms with Gasteiger partial charge in [0.05, 0.1) is 23.3 Å². The molecule has 2 nitrogen and oxygen atoms in total. The van der Waals surface area contributed by atoms with Crippen LogP contribution in [0.15, 0.2) is 48.5 Å². The van der Waals surface area contributed by atoms with E-state index in [0.717, 1.165) is 46.6 Å². The van der Waals surface area contributed by atoms with Crippen molar-refractivity contribution in [1.29, 1.82) is 10.5 Å². The predicted molar refractivity (Wildman–Crippen MR) is 194 cm³/mol. The van der Waals surface area contributed by atoms with Crippen LogP contribution >= 0.6 is 0 Å². The molecule has 0 bridgehead atoms. The molecule has 0 amide bonds. The van der Waals surface area contributed by atoms with Crippen LogP contribution in [0.25, 0.3) is 0 Å². The van der Waals surface area contributed by atoms with E-state index >= 15 is 0 Å². The average molecular weight is 625 g/mol. The Labute approximate surface area is 286 Å². The minimum Gasteiger partial charge on any atom is -0.192 e. The van der Waals surface area contributed by atoms with Gasteiger partial charge in [0.15, 0.2) is 0 Å². The Morgan fingerprint density at radius 2 is 0.787 bits per heavy atom. The lowest BCUT2D eigenvalue weighted by Crippen LogP contribution is -2.25. The molecule has 4 saturated carbocycles. The van der Waals surface area contributed by atoms with Crippen LogP contribution in [-0.4, -0.2) is 0 Å². The summed E-state index contributed by atoms with van der Waals surface area (Å²) < 4.78 is 0. The second-order valence-corrected chi connectivity index (χ2v) is 15.3. The molecule has 0 aliphatic heterocycles. The molecule has 2 aromatic carbocycles. The van der Waals surface area contributed by atoms with Crippen molar-refractivity contribution in [3.63, 3.8) is 0 Å². The summed E-state index contributed by atoms with van der Waals surface area (Å²) in [6.45, 7) is 4.76. The number of nitrogens with zero attached hydrogens (tertiary/aromatic N) is 2. The zero-order chi connectivity index (χ0) is 32.8. The van der Waals surface area contributed by atoms with Gasteiger partial charge in [0, 0.05) is 23.0 Å². The van der Waals surface area contributed by atoms with Crippen LogP contribution in [0.4, 0.5) is 0 Å². The largest absolute Gasteiger partial charge is 0.192 e. The normalized spacial score (nSPS) is 30.4. The van der Waals surface area contributed by atoms with Crippen LogP contribution in [0.3, 0.4) is 0 Å². The average Bonchev–Trinajstić information content (AvgIpc) is 3.14. The molecule has 4 fully saturated rings. The standard InChI is InChI=1S/C23H29N.C22H27N/c1-2-18-9-13-22(14-10-18)23-15-11-20(12-16-23)4-3-19-5-7-21(17-24)8-6-19;1-17-2-12-21(13-3-17)22-14-10-19(11-15-22)5-4-18-6-8-20(16-23)9-7-18/h5-8,18,20,22-23H,2,9-16H2,1H3;6-9,17,19,21-22H,2-3,10-15H2,1H3. The summed E-state index contributed by atoms with van der Waals surface area (Å²) >= 11 is 0. The smallest absolute Gasteiger partial charge is 0.0991 e. The van der Waals surface area contributed by atoms with Crippen LogP contribution in [0.2, 0.25) is 0 Å². The topological polar surface area (TPSA) is 47.6 Å². The summed E-state index contributed by atoms with van der Waals surface area (Å²) in [5.74, 6) is 20.6. The fourth-order valence-corrected chi connectivity index (χ4v) is 8.92. The number of benzene rings is 2. The van der Waals surface area contributed by atoms with Crippen molar-refractivity contribution in [1.82, 2.24) is 0 Å². The molecular weight excluding hydrogens is 569 g/mol. The van der Waals surface area contributed by atoms with E-state index in [-0.39, 0.29) is 0 Å². The van der Waals surface area contributed by atoms with Crippen molar-refractivity contribution < 1.29 is 0 Å². The lowest BCUT2D eigenvalue weighted by atomic mass is 9.69. The SMILES string of the molecule is CC1CCC(C2CCC(C#Cc3ccc(C#N)cc3)CC2)CC1.CCC1CCC(C2CCC(C#Cc3ccc(C#N)cc3)CC2)CC1. The molecule has 0 atom stereocenters. The molecule has 0 N–H and O–H groups in total. The van der Waals surface area contributed by atoms with Crippen molar-refractivity contribution in [2.75, 3.05) is 0 Å². The maximum absolute atomic E-state index is 8.84. The molecule has 4 aliphatic rings. The molecule has 0 heterocycles. The van der Waals surface area contributed by atoms with E-state index in [2.05, 4.69) is 49.7 Å². The lowest BCUT2D eigenvalue weighted by molar-refractivity contribution is 0.156. The summed E-state index contributed by atoms with van der Waals surface area (Å²) in [7, 11) is 0. The van der Waals surface area contributed by atoms with Crippen LogP contribution in [-0.2, 0) is 0 Å². The van der Waals surface area contributed by atoms with Gasteiger partial charge in [-0.05, 0) is 161 Å². The molecule has 47 heavy (non-hydrogen) atoms. The van der Waals surface area contributed by atoms with Crippen LogP contribution < -0.4 is 0 Å². The first-order valence-corrected chi connectivity index (χ1v) is 19.1. The second kappa shape index (κ2) is 18.2. The van der Waals surface area contributed by atoms with E-state index < -0.39 is 0 Å². The zero-order valence-corrected chi connectivity index (χ0v) is 29.2. The molecule has 2 aromatic rings. The Bertz CT molecular complexity index is 1430. The zero-order valence-electron chi connectivity index (χ0n) is 29.2. The Balaban J connectivity index is 0.000000185. The van der Waals surface area contributed by atoms with E-state index in [9.17, 15) is 0 Å². The quantitative estimate of drug-likeness (QED) is 0.319. The molecular formula is C45H56N2. The Hall–Kier alpha value is -3.46. The summed E-state index contributed by atoms with van der Waals surface area (Å²) in [6.07, 6.45) is 23.7. The number of nitriles is 2. The molecule has 0 radical (unpaired) electrons. The van der Waals surface area contributed by atoms with Gasteiger partial charge in [-0.2, -0.15) is 10.5 Å². The first-order chi connectivity index (χ1) is 23.0. The van der Waals surface area contributed by atoms with Gasteiger partial charge >= 0.3 is 0 Å². The highest BCUT2D eigenvalue weighted by atomic mass is 14.4. The number of rotatable bonds is 3. The van der Waals surface area contributed by atoms with Gasteiger partial charge in [0.2, 0.25) is 0 Å². The first-order valence-electron chi connectivity index (χ1n) is 19.1. The van der Waals surface area contributed by atoms with Crippen molar-refractivity contribution in [3.8, 4) is 35.8 Å². The summed E-state index contributed by atoms with van der Waals surface area (Å²) in [5, 5.41) is 17.7. The summed E-state index contributed by atoms with van der Waals surface area (Å²) in [5.41, 5.74) is 3.48. The van der Waals surface area contributed by atoms with E-state index in [1.165, 1.54) is 109 Å². The molecule has 0 unspecified atom stereocenters. The fraction of sp³-hybridized carbons (Fsp3) is 0.600. The molecule has 0 spiro atoms. The molecule has 6 rings (SSSR count). The highest BCUT2D eigenvalue weighted by Crippen LogP contribution is 2.42. The van der Waals surface area contributed by atoms with Gasteiger partial charge in [0.1, 0.15) is 0 Å². The monoisotopic (exact) mass is 624 g/mol. The van der Waals surface area contributed by atoms with Crippen molar-refractivity contribution >= 4 is 0 Å². The maximum atomic E-state index is 8.84. The molecule has 4 aliphatic carbocycles. The first kappa shape index (κ1) is 34.9. The third kappa shape index (κ3) is 10.8.